The predicted octanol–water partition coefficient (Wildman–Crippen LogP) is 2.83. The highest BCUT2D eigenvalue weighted by Gasteiger charge is 2.23. The van der Waals surface area contributed by atoms with E-state index in [9.17, 15) is 4.79 Å². The maximum atomic E-state index is 11.9. The molecule has 1 amide bonds. The number of benzene rings is 1. The first kappa shape index (κ1) is 16.2. The van der Waals surface area contributed by atoms with Crippen molar-refractivity contribution in [2.45, 2.75) is 39.2 Å². The number of carbonyl (C=O) groups is 1. The third-order valence-electron chi connectivity index (χ3n) is 3.35. The Labute approximate surface area is 124 Å². The van der Waals surface area contributed by atoms with Crippen molar-refractivity contribution in [1.29, 1.82) is 0 Å². The Morgan fingerprint density at radius 3 is 2.32 bits per heavy atom. The molecule has 106 valence electrons. The topological polar surface area (TPSA) is 55.1 Å². The van der Waals surface area contributed by atoms with E-state index in [-0.39, 0.29) is 17.2 Å². The first-order chi connectivity index (χ1) is 8.74. The van der Waals surface area contributed by atoms with Gasteiger partial charge in [0.25, 0.3) is 0 Å². The van der Waals surface area contributed by atoms with Crippen LogP contribution >= 0.6 is 15.9 Å². The van der Waals surface area contributed by atoms with Crippen LogP contribution in [0.2, 0.25) is 0 Å². The summed E-state index contributed by atoms with van der Waals surface area (Å²) in [5, 5.41) is 2.94. The van der Waals surface area contributed by atoms with Crippen LogP contribution in [0.5, 0.6) is 0 Å². The Morgan fingerprint density at radius 2 is 1.84 bits per heavy atom. The van der Waals surface area contributed by atoms with Gasteiger partial charge >= 0.3 is 0 Å². The number of amides is 1. The summed E-state index contributed by atoms with van der Waals surface area (Å²) in [5.41, 5.74) is 6.90. The number of nitrogens with two attached hydrogens (primary N) is 1. The van der Waals surface area contributed by atoms with Crippen molar-refractivity contribution in [3.05, 3.63) is 34.3 Å². The lowest BCUT2D eigenvalue weighted by Crippen LogP contribution is -2.47. The summed E-state index contributed by atoms with van der Waals surface area (Å²) in [6.45, 7) is 8.69. The van der Waals surface area contributed by atoms with E-state index in [2.05, 4.69) is 47.2 Å². The molecule has 0 aliphatic carbocycles. The SMILES string of the molecule is CC(C)[C@H](N)C(=O)NCC(C)(C)c1ccc(Br)cc1. The maximum absolute atomic E-state index is 11.9. The van der Waals surface area contributed by atoms with E-state index >= 15 is 0 Å². The van der Waals surface area contributed by atoms with Crippen LogP contribution in [0.25, 0.3) is 0 Å². The fourth-order valence-corrected chi connectivity index (χ4v) is 2.00. The molecule has 0 saturated carbocycles. The van der Waals surface area contributed by atoms with Crippen LogP contribution in [0.3, 0.4) is 0 Å². The Bertz CT molecular complexity index is 426. The van der Waals surface area contributed by atoms with Crippen molar-refractivity contribution < 1.29 is 4.79 Å². The molecule has 1 atom stereocenters. The molecule has 0 heterocycles. The number of carbonyl (C=O) groups excluding carboxylic acids is 1. The fourth-order valence-electron chi connectivity index (χ4n) is 1.73. The Kier molecular flexibility index (Phi) is 5.56. The van der Waals surface area contributed by atoms with Crippen molar-refractivity contribution in [1.82, 2.24) is 5.32 Å². The largest absolute Gasteiger partial charge is 0.354 e. The van der Waals surface area contributed by atoms with Gasteiger partial charge in [-0.2, -0.15) is 0 Å². The summed E-state index contributed by atoms with van der Waals surface area (Å²) < 4.78 is 1.05. The molecule has 1 aromatic carbocycles. The molecular weight excluding hydrogens is 304 g/mol. The molecule has 1 aromatic rings. The van der Waals surface area contributed by atoms with Crippen LogP contribution in [0.4, 0.5) is 0 Å². The van der Waals surface area contributed by atoms with E-state index in [1.54, 1.807) is 0 Å². The van der Waals surface area contributed by atoms with Crippen molar-refractivity contribution in [3.8, 4) is 0 Å². The van der Waals surface area contributed by atoms with Crippen molar-refractivity contribution in [2.75, 3.05) is 6.54 Å². The van der Waals surface area contributed by atoms with Crippen LogP contribution < -0.4 is 11.1 Å². The Balaban J connectivity index is 2.65. The number of nitrogens with one attached hydrogen (secondary N) is 1. The minimum Gasteiger partial charge on any atom is -0.354 e. The molecule has 0 unspecified atom stereocenters. The fraction of sp³-hybridized carbons (Fsp3) is 0.533. The second-order valence-corrected chi connectivity index (χ2v) is 6.79. The first-order valence-electron chi connectivity index (χ1n) is 6.53. The monoisotopic (exact) mass is 326 g/mol. The van der Waals surface area contributed by atoms with Crippen molar-refractivity contribution in [2.24, 2.45) is 11.7 Å². The molecule has 0 saturated heterocycles. The van der Waals surface area contributed by atoms with Crippen molar-refractivity contribution in [3.63, 3.8) is 0 Å². The number of hydrogen-bond donors (Lipinski definition) is 2. The Morgan fingerprint density at radius 1 is 1.32 bits per heavy atom. The first-order valence-corrected chi connectivity index (χ1v) is 7.32. The number of halogens is 1. The van der Waals surface area contributed by atoms with Gasteiger partial charge in [0.15, 0.2) is 0 Å². The molecule has 3 nitrogen and oxygen atoms in total. The zero-order chi connectivity index (χ0) is 14.6. The number of rotatable bonds is 5. The molecule has 1 rings (SSSR count). The minimum atomic E-state index is -0.444. The molecule has 4 heteroatoms. The third-order valence-corrected chi connectivity index (χ3v) is 3.88. The van der Waals surface area contributed by atoms with E-state index in [4.69, 9.17) is 5.73 Å². The average molecular weight is 327 g/mol. The molecule has 0 bridgehead atoms. The van der Waals surface area contributed by atoms with Crippen LogP contribution in [-0.2, 0) is 10.2 Å². The van der Waals surface area contributed by atoms with E-state index in [0.29, 0.717) is 6.54 Å². The van der Waals surface area contributed by atoms with Crippen molar-refractivity contribution >= 4 is 21.8 Å². The molecule has 0 radical (unpaired) electrons. The summed E-state index contributed by atoms with van der Waals surface area (Å²) in [7, 11) is 0. The summed E-state index contributed by atoms with van der Waals surface area (Å²) in [6.07, 6.45) is 0. The maximum Gasteiger partial charge on any atom is 0.237 e. The molecule has 0 fully saturated rings. The molecule has 19 heavy (non-hydrogen) atoms. The van der Waals surface area contributed by atoms with E-state index in [0.717, 1.165) is 4.47 Å². The lowest BCUT2D eigenvalue weighted by atomic mass is 9.84. The molecule has 0 aliphatic rings. The van der Waals surface area contributed by atoms with Crippen LogP contribution in [-0.4, -0.2) is 18.5 Å². The second-order valence-electron chi connectivity index (χ2n) is 5.88. The van der Waals surface area contributed by atoms with Crippen LogP contribution in [0.1, 0.15) is 33.3 Å². The van der Waals surface area contributed by atoms with E-state index in [1.807, 2.05) is 26.0 Å². The molecular formula is C15H23BrN2O. The zero-order valence-corrected chi connectivity index (χ0v) is 13.6. The van der Waals surface area contributed by atoms with Gasteiger partial charge in [0, 0.05) is 16.4 Å². The quantitative estimate of drug-likeness (QED) is 0.874. The van der Waals surface area contributed by atoms with Crippen LogP contribution in [0, 0.1) is 5.92 Å². The third kappa shape index (κ3) is 4.62. The molecule has 0 aromatic heterocycles. The molecule has 0 aliphatic heterocycles. The predicted molar refractivity (Wildman–Crippen MR) is 83.0 cm³/mol. The van der Waals surface area contributed by atoms with E-state index < -0.39 is 6.04 Å². The highest BCUT2D eigenvalue weighted by atomic mass is 79.9. The van der Waals surface area contributed by atoms with Gasteiger partial charge in [-0.3, -0.25) is 4.79 Å². The average Bonchev–Trinajstić information content (AvgIpc) is 2.35. The highest BCUT2D eigenvalue weighted by molar-refractivity contribution is 9.10. The summed E-state index contributed by atoms with van der Waals surface area (Å²) >= 11 is 3.42. The molecule has 0 spiro atoms. The molecule has 3 N–H and O–H groups in total. The highest BCUT2D eigenvalue weighted by Crippen LogP contribution is 2.24. The summed E-state index contributed by atoms with van der Waals surface area (Å²) in [6, 6.07) is 7.72. The number of hydrogen-bond acceptors (Lipinski definition) is 2. The van der Waals surface area contributed by atoms with Gasteiger partial charge in [0.1, 0.15) is 0 Å². The van der Waals surface area contributed by atoms with Gasteiger partial charge in [0.05, 0.1) is 6.04 Å². The van der Waals surface area contributed by atoms with Gasteiger partial charge in [-0.1, -0.05) is 55.8 Å². The Hall–Kier alpha value is -0.870. The standard InChI is InChI=1S/C15H23BrN2O/c1-10(2)13(17)14(19)18-9-15(3,4)11-5-7-12(16)8-6-11/h5-8,10,13H,9,17H2,1-4H3,(H,18,19)/t13-/m0/s1. The lowest BCUT2D eigenvalue weighted by molar-refractivity contribution is -0.123. The van der Waals surface area contributed by atoms with Gasteiger partial charge in [-0.15, -0.1) is 0 Å². The lowest BCUT2D eigenvalue weighted by Gasteiger charge is -2.27. The van der Waals surface area contributed by atoms with Gasteiger partial charge in [-0.25, -0.2) is 0 Å². The van der Waals surface area contributed by atoms with E-state index in [1.165, 1.54) is 5.56 Å². The van der Waals surface area contributed by atoms with Crippen LogP contribution in [0.15, 0.2) is 28.7 Å². The smallest absolute Gasteiger partial charge is 0.237 e. The second kappa shape index (κ2) is 6.53. The summed E-state index contributed by atoms with van der Waals surface area (Å²) in [5.74, 6) is 0.0657. The van der Waals surface area contributed by atoms with Gasteiger partial charge < -0.3 is 11.1 Å². The zero-order valence-electron chi connectivity index (χ0n) is 12.0. The van der Waals surface area contributed by atoms with Gasteiger partial charge in [0.2, 0.25) is 5.91 Å². The van der Waals surface area contributed by atoms with Gasteiger partial charge in [-0.05, 0) is 23.6 Å². The normalized spacial score (nSPS) is 13.4. The summed E-state index contributed by atoms with van der Waals surface area (Å²) in [4.78, 5) is 11.9. The minimum absolute atomic E-state index is 0.0832.